The number of carbonyl (C=O) groups excluding carboxylic acids is 1. The van der Waals surface area contributed by atoms with Gasteiger partial charge in [-0.1, -0.05) is 49.4 Å². The minimum atomic E-state index is -3.64. The first-order valence-electron chi connectivity index (χ1n) is 8.83. The normalized spacial score (nSPS) is 12.4. The Bertz CT molecular complexity index is 857. The zero-order valence-corrected chi connectivity index (χ0v) is 16.4. The highest BCUT2D eigenvalue weighted by Crippen LogP contribution is 2.21. The highest BCUT2D eigenvalue weighted by molar-refractivity contribution is 7.92. The predicted octanol–water partition coefficient (Wildman–Crippen LogP) is 3.29. The van der Waals surface area contributed by atoms with Gasteiger partial charge in [0, 0.05) is 19.5 Å². The molecule has 0 saturated heterocycles. The average Bonchev–Trinajstić information content (AvgIpc) is 2.64. The number of halogens is 1. The van der Waals surface area contributed by atoms with Crippen LogP contribution in [0.1, 0.15) is 31.2 Å². The van der Waals surface area contributed by atoms with E-state index in [0.717, 1.165) is 16.1 Å². The van der Waals surface area contributed by atoms with Crippen molar-refractivity contribution in [3.8, 4) is 0 Å². The molecular formula is C20H25FN2O3S. The van der Waals surface area contributed by atoms with Gasteiger partial charge >= 0.3 is 0 Å². The van der Waals surface area contributed by atoms with Gasteiger partial charge < -0.3 is 5.32 Å². The summed E-state index contributed by atoms with van der Waals surface area (Å²) in [6, 6.07) is 15.6. The quantitative estimate of drug-likeness (QED) is 0.712. The SMILES string of the molecule is C[C@H](CNC(=O)CCCN(c1ccccc1F)S(C)(=O)=O)c1ccccc1. The van der Waals surface area contributed by atoms with Crippen LogP contribution in [-0.4, -0.2) is 33.7 Å². The number of benzene rings is 2. The molecule has 1 amide bonds. The highest BCUT2D eigenvalue weighted by atomic mass is 32.2. The summed E-state index contributed by atoms with van der Waals surface area (Å²) in [6.45, 7) is 2.58. The van der Waals surface area contributed by atoms with Gasteiger partial charge in [0.2, 0.25) is 15.9 Å². The van der Waals surface area contributed by atoms with Crippen molar-refractivity contribution in [3.05, 3.63) is 66.0 Å². The maximum Gasteiger partial charge on any atom is 0.232 e. The Hall–Kier alpha value is -2.41. The van der Waals surface area contributed by atoms with Gasteiger partial charge in [0.05, 0.1) is 11.9 Å². The number of carbonyl (C=O) groups is 1. The fourth-order valence-corrected chi connectivity index (χ4v) is 3.72. The largest absolute Gasteiger partial charge is 0.356 e. The highest BCUT2D eigenvalue weighted by Gasteiger charge is 2.20. The maximum absolute atomic E-state index is 13.9. The Balaban J connectivity index is 1.86. The number of rotatable bonds is 9. The molecule has 146 valence electrons. The average molecular weight is 392 g/mol. The third kappa shape index (κ3) is 6.36. The van der Waals surface area contributed by atoms with Crippen LogP contribution in [0.3, 0.4) is 0 Å². The number of para-hydroxylation sites is 1. The molecule has 0 heterocycles. The predicted molar refractivity (Wildman–Crippen MR) is 106 cm³/mol. The van der Waals surface area contributed by atoms with Crippen LogP contribution in [0.25, 0.3) is 0 Å². The molecule has 0 unspecified atom stereocenters. The van der Waals surface area contributed by atoms with Crippen LogP contribution >= 0.6 is 0 Å². The number of nitrogens with one attached hydrogen (secondary N) is 1. The van der Waals surface area contributed by atoms with E-state index in [9.17, 15) is 17.6 Å². The van der Waals surface area contributed by atoms with Crippen LogP contribution in [0, 0.1) is 5.82 Å². The van der Waals surface area contributed by atoms with Crippen LogP contribution < -0.4 is 9.62 Å². The van der Waals surface area contributed by atoms with Crippen molar-refractivity contribution >= 4 is 21.6 Å². The molecule has 5 nitrogen and oxygen atoms in total. The van der Waals surface area contributed by atoms with Gasteiger partial charge in [0.25, 0.3) is 0 Å². The summed E-state index contributed by atoms with van der Waals surface area (Å²) in [5, 5.41) is 2.86. The lowest BCUT2D eigenvalue weighted by Crippen LogP contribution is -2.33. The number of anilines is 1. The second-order valence-corrected chi connectivity index (χ2v) is 8.41. The first-order valence-corrected chi connectivity index (χ1v) is 10.7. The fourth-order valence-electron chi connectivity index (χ4n) is 2.76. The van der Waals surface area contributed by atoms with Crippen LogP contribution in [0.15, 0.2) is 54.6 Å². The molecule has 27 heavy (non-hydrogen) atoms. The van der Waals surface area contributed by atoms with Gasteiger partial charge in [0.1, 0.15) is 5.82 Å². The lowest BCUT2D eigenvalue weighted by Gasteiger charge is -2.22. The number of hydrogen-bond donors (Lipinski definition) is 1. The zero-order valence-electron chi connectivity index (χ0n) is 15.6. The van der Waals surface area contributed by atoms with Crippen molar-refractivity contribution in [1.82, 2.24) is 5.32 Å². The van der Waals surface area contributed by atoms with Gasteiger partial charge in [-0.3, -0.25) is 9.10 Å². The molecule has 2 rings (SSSR count). The third-order valence-corrected chi connectivity index (χ3v) is 5.44. The maximum atomic E-state index is 13.9. The van der Waals surface area contributed by atoms with Gasteiger partial charge in [-0.25, -0.2) is 12.8 Å². The molecule has 7 heteroatoms. The van der Waals surface area contributed by atoms with Crippen molar-refractivity contribution in [2.75, 3.05) is 23.7 Å². The number of amides is 1. The Morgan fingerprint density at radius 1 is 1.11 bits per heavy atom. The number of nitrogens with zero attached hydrogens (tertiary/aromatic N) is 1. The fraction of sp³-hybridized carbons (Fsp3) is 0.350. The minimum absolute atomic E-state index is 0.00175. The summed E-state index contributed by atoms with van der Waals surface area (Å²) in [6.07, 6.45) is 1.50. The summed E-state index contributed by atoms with van der Waals surface area (Å²) < 4.78 is 38.9. The smallest absolute Gasteiger partial charge is 0.232 e. The molecule has 2 aromatic rings. The van der Waals surface area contributed by atoms with E-state index in [4.69, 9.17) is 0 Å². The molecule has 2 aromatic carbocycles. The van der Waals surface area contributed by atoms with E-state index < -0.39 is 15.8 Å². The molecule has 0 spiro atoms. The van der Waals surface area contributed by atoms with Crippen molar-refractivity contribution in [2.24, 2.45) is 0 Å². The lowest BCUT2D eigenvalue weighted by atomic mass is 10.0. The second-order valence-electron chi connectivity index (χ2n) is 6.51. The molecule has 1 atom stereocenters. The van der Waals surface area contributed by atoms with E-state index in [0.29, 0.717) is 13.0 Å². The van der Waals surface area contributed by atoms with E-state index in [1.165, 1.54) is 18.2 Å². The van der Waals surface area contributed by atoms with Crippen LogP contribution in [0.5, 0.6) is 0 Å². The molecule has 0 radical (unpaired) electrons. The van der Waals surface area contributed by atoms with Crippen LogP contribution in [0.4, 0.5) is 10.1 Å². The van der Waals surface area contributed by atoms with E-state index in [-0.39, 0.29) is 30.5 Å². The van der Waals surface area contributed by atoms with E-state index in [1.807, 2.05) is 37.3 Å². The molecular weight excluding hydrogens is 367 g/mol. The molecule has 0 aliphatic rings. The van der Waals surface area contributed by atoms with Crippen molar-refractivity contribution in [2.45, 2.75) is 25.7 Å². The number of hydrogen-bond acceptors (Lipinski definition) is 3. The van der Waals surface area contributed by atoms with Crippen molar-refractivity contribution < 1.29 is 17.6 Å². The molecule has 1 N–H and O–H groups in total. The summed E-state index contributed by atoms with van der Waals surface area (Å²) in [4.78, 5) is 12.1. The first kappa shape index (κ1) is 20.9. The lowest BCUT2D eigenvalue weighted by molar-refractivity contribution is -0.121. The minimum Gasteiger partial charge on any atom is -0.356 e. The van der Waals surface area contributed by atoms with Crippen LogP contribution in [-0.2, 0) is 14.8 Å². The topological polar surface area (TPSA) is 66.5 Å². The van der Waals surface area contributed by atoms with Gasteiger partial charge in [-0.05, 0) is 30.0 Å². The van der Waals surface area contributed by atoms with Gasteiger partial charge in [-0.2, -0.15) is 0 Å². The molecule has 0 aliphatic heterocycles. The third-order valence-electron chi connectivity index (χ3n) is 4.26. The van der Waals surface area contributed by atoms with Gasteiger partial charge in [-0.15, -0.1) is 0 Å². The Labute approximate surface area is 160 Å². The molecule has 0 fully saturated rings. The molecule has 0 aliphatic carbocycles. The van der Waals surface area contributed by atoms with Gasteiger partial charge in [0.15, 0.2) is 0 Å². The van der Waals surface area contributed by atoms with Crippen molar-refractivity contribution in [1.29, 1.82) is 0 Å². The second kappa shape index (κ2) is 9.50. The number of sulfonamides is 1. The standard InChI is InChI=1S/C20H25FN2O3S/c1-16(17-9-4-3-5-10-17)15-22-20(24)13-8-14-23(27(2,25)26)19-12-7-6-11-18(19)21/h3-7,9-12,16H,8,13-15H2,1-2H3,(H,22,24)/t16-/m1/s1. The van der Waals surface area contributed by atoms with E-state index in [1.54, 1.807) is 6.07 Å². The molecule has 0 saturated carbocycles. The monoisotopic (exact) mass is 392 g/mol. The van der Waals surface area contributed by atoms with Crippen molar-refractivity contribution in [3.63, 3.8) is 0 Å². The molecule has 0 bridgehead atoms. The Morgan fingerprint density at radius 2 is 1.74 bits per heavy atom. The summed E-state index contributed by atoms with van der Waals surface area (Å²) in [5.41, 5.74) is 1.14. The van der Waals surface area contributed by atoms with Crippen LogP contribution in [0.2, 0.25) is 0 Å². The zero-order chi connectivity index (χ0) is 19.9. The summed E-state index contributed by atoms with van der Waals surface area (Å²) >= 11 is 0. The van der Waals surface area contributed by atoms with E-state index >= 15 is 0 Å². The van der Waals surface area contributed by atoms with E-state index in [2.05, 4.69) is 5.32 Å². The first-order chi connectivity index (χ1) is 12.8. The Kier molecular flexibility index (Phi) is 7.36. The summed E-state index contributed by atoms with van der Waals surface area (Å²) in [7, 11) is -3.64. The molecule has 0 aromatic heterocycles. The Morgan fingerprint density at radius 3 is 2.37 bits per heavy atom. The summed E-state index contributed by atoms with van der Waals surface area (Å²) in [5.74, 6) is -0.579.